The molecule has 17 heavy (non-hydrogen) atoms. The second-order valence-electron chi connectivity index (χ2n) is 2.90. The van der Waals surface area contributed by atoms with E-state index in [1.165, 1.54) is 0 Å². The number of hydrogen-bond acceptors (Lipinski definition) is 5. The number of carboxylic acids is 3. The van der Waals surface area contributed by atoms with Gasteiger partial charge in [0.05, 0.1) is 6.42 Å². The Bertz CT molecular complexity index is 369. The molecule has 2 unspecified atom stereocenters. The Kier molecular flexibility index (Phi) is 5.23. The van der Waals surface area contributed by atoms with E-state index in [0.29, 0.717) is 0 Å². The quantitative estimate of drug-likeness (QED) is 0.350. The smallest absolute Gasteiger partial charge is 0.470 e. The van der Waals surface area contributed by atoms with Gasteiger partial charge in [-0.2, -0.15) is 0 Å². The first kappa shape index (κ1) is 15.5. The normalized spacial score (nSPS) is 14.9. The van der Waals surface area contributed by atoms with Crippen molar-refractivity contribution in [2.24, 2.45) is 5.92 Å². The van der Waals surface area contributed by atoms with Gasteiger partial charge in [-0.05, 0) is 0 Å². The molecule has 0 aromatic carbocycles. The first-order chi connectivity index (χ1) is 7.54. The van der Waals surface area contributed by atoms with E-state index in [2.05, 4.69) is 4.52 Å². The van der Waals surface area contributed by atoms with Crippen LogP contribution in [0.4, 0.5) is 0 Å². The van der Waals surface area contributed by atoms with E-state index >= 15 is 0 Å². The van der Waals surface area contributed by atoms with E-state index in [1.54, 1.807) is 0 Å². The molecule has 0 rings (SSSR count). The molecule has 0 aliphatic heterocycles. The lowest BCUT2D eigenvalue weighted by Gasteiger charge is -2.19. The molecule has 0 aliphatic carbocycles. The van der Waals surface area contributed by atoms with Crippen LogP contribution in [0.3, 0.4) is 0 Å². The predicted molar refractivity (Wildman–Crippen MR) is 47.9 cm³/mol. The molecule has 0 heterocycles. The van der Waals surface area contributed by atoms with Gasteiger partial charge in [-0.3, -0.25) is 14.1 Å². The highest BCUT2D eigenvalue weighted by Gasteiger charge is 2.40. The highest BCUT2D eigenvalue weighted by atomic mass is 31.2. The number of phosphoric ester groups is 1. The van der Waals surface area contributed by atoms with Crippen LogP contribution in [-0.4, -0.2) is 49.1 Å². The van der Waals surface area contributed by atoms with Crippen molar-refractivity contribution in [3.63, 3.8) is 0 Å². The summed E-state index contributed by atoms with van der Waals surface area (Å²) >= 11 is 0. The molecule has 0 aromatic rings. The van der Waals surface area contributed by atoms with Crippen molar-refractivity contribution in [3.8, 4) is 0 Å². The molecule has 98 valence electrons. The number of carbonyl (C=O) groups is 3. The Balaban J connectivity index is 5.10. The lowest BCUT2D eigenvalue weighted by atomic mass is 9.99. The summed E-state index contributed by atoms with van der Waals surface area (Å²) in [7, 11) is -5.25. The third-order valence-electron chi connectivity index (χ3n) is 1.57. The number of hydrogen-bond donors (Lipinski definition) is 5. The average molecular weight is 272 g/mol. The number of phosphoric acid groups is 1. The molecule has 0 bridgehead atoms. The summed E-state index contributed by atoms with van der Waals surface area (Å²) in [4.78, 5) is 48.3. The maximum Gasteiger partial charge on any atom is 0.470 e. The Labute approximate surface area is 93.7 Å². The highest BCUT2D eigenvalue weighted by Crippen LogP contribution is 2.39. The minimum atomic E-state index is -5.25. The zero-order valence-corrected chi connectivity index (χ0v) is 8.98. The van der Waals surface area contributed by atoms with Crippen molar-refractivity contribution in [2.45, 2.75) is 12.5 Å². The molecule has 0 radical (unpaired) electrons. The lowest BCUT2D eigenvalue weighted by Crippen LogP contribution is -2.38. The van der Waals surface area contributed by atoms with Crippen LogP contribution in [0, 0.1) is 5.92 Å². The second kappa shape index (κ2) is 5.73. The molecule has 10 nitrogen and oxygen atoms in total. The molecule has 5 N–H and O–H groups in total. The summed E-state index contributed by atoms with van der Waals surface area (Å²) < 4.78 is 14.2. The first-order valence-electron chi connectivity index (χ1n) is 3.96. The first-order valence-corrected chi connectivity index (χ1v) is 5.49. The summed E-state index contributed by atoms with van der Waals surface area (Å²) in [5.74, 6) is -7.59. The molecule has 0 saturated carbocycles. The molecule has 0 saturated heterocycles. The van der Waals surface area contributed by atoms with Crippen LogP contribution in [0.15, 0.2) is 0 Å². The Morgan fingerprint density at radius 1 is 1.06 bits per heavy atom. The third kappa shape index (κ3) is 5.97. The van der Waals surface area contributed by atoms with Gasteiger partial charge >= 0.3 is 25.7 Å². The zero-order chi connectivity index (χ0) is 13.8. The van der Waals surface area contributed by atoms with Crippen molar-refractivity contribution >= 4 is 25.7 Å². The van der Waals surface area contributed by atoms with Gasteiger partial charge < -0.3 is 25.1 Å². The summed E-state index contributed by atoms with van der Waals surface area (Å²) in [6.07, 6.45) is -3.60. The van der Waals surface area contributed by atoms with Gasteiger partial charge in [-0.1, -0.05) is 0 Å². The van der Waals surface area contributed by atoms with E-state index in [0.717, 1.165) is 0 Å². The van der Waals surface area contributed by atoms with Gasteiger partial charge in [0.25, 0.3) is 0 Å². The van der Waals surface area contributed by atoms with Crippen molar-refractivity contribution in [1.29, 1.82) is 0 Å². The van der Waals surface area contributed by atoms with Gasteiger partial charge in [0.1, 0.15) is 5.92 Å². The van der Waals surface area contributed by atoms with Crippen LogP contribution < -0.4 is 0 Å². The molecular weight excluding hydrogens is 263 g/mol. The lowest BCUT2D eigenvalue weighted by molar-refractivity contribution is -0.161. The molecule has 0 aromatic heterocycles. The van der Waals surface area contributed by atoms with E-state index in [1.807, 2.05) is 0 Å². The zero-order valence-electron chi connectivity index (χ0n) is 8.09. The molecule has 0 fully saturated rings. The fourth-order valence-electron chi connectivity index (χ4n) is 0.951. The van der Waals surface area contributed by atoms with Crippen molar-refractivity contribution < 1.29 is 48.6 Å². The summed E-state index contributed by atoms with van der Waals surface area (Å²) in [5, 5.41) is 25.5. The topological polar surface area (TPSA) is 179 Å². The number of aliphatic carboxylic acids is 3. The maximum absolute atomic E-state index is 10.6. The maximum atomic E-state index is 10.6. The van der Waals surface area contributed by atoms with Crippen LogP contribution in [0.25, 0.3) is 0 Å². The predicted octanol–water partition coefficient (Wildman–Crippen LogP) is -1.28. The summed E-state index contributed by atoms with van der Waals surface area (Å²) in [5.41, 5.74) is 0. The summed E-state index contributed by atoms with van der Waals surface area (Å²) in [6.45, 7) is 0. The second-order valence-corrected chi connectivity index (χ2v) is 4.09. The molecule has 0 aliphatic rings. The van der Waals surface area contributed by atoms with E-state index in [9.17, 15) is 18.9 Å². The SMILES string of the molecule is O=C(O)CC(C(=O)O)C(OP(=O)(O)O)C(=O)O. The van der Waals surface area contributed by atoms with Gasteiger partial charge in [0.15, 0.2) is 6.10 Å². The van der Waals surface area contributed by atoms with Crippen LogP contribution >= 0.6 is 7.82 Å². The highest BCUT2D eigenvalue weighted by molar-refractivity contribution is 7.46. The number of rotatable bonds is 7. The van der Waals surface area contributed by atoms with Crippen molar-refractivity contribution in [1.82, 2.24) is 0 Å². The van der Waals surface area contributed by atoms with Crippen LogP contribution in [0.1, 0.15) is 6.42 Å². The molecule has 0 amide bonds. The van der Waals surface area contributed by atoms with Crippen molar-refractivity contribution in [2.75, 3.05) is 0 Å². The molecule has 2 atom stereocenters. The van der Waals surface area contributed by atoms with Crippen LogP contribution in [0.2, 0.25) is 0 Å². The molecule has 0 spiro atoms. The monoisotopic (exact) mass is 272 g/mol. The van der Waals surface area contributed by atoms with Gasteiger partial charge in [0.2, 0.25) is 0 Å². The van der Waals surface area contributed by atoms with E-state index in [-0.39, 0.29) is 0 Å². The molecular formula is C6H9O10P. The average Bonchev–Trinajstić information content (AvgIpc) is 2.08. The largest absolute Gasteiger partial charge is 0.481 e. The standard InChI is InChI=1S/C6H9O10P/c7-3(8)1-2(5(9)10)4(6(11)12)16-17(13,14)15/h2,4H,1H2,(H,7,8)(H,9,10)(H,11,12)(H2,13,14,15). The van der Waals surface area contributed by atoms with E-state index in [4.69, 9.17) is 25.1 Å². The summed E-state index contributed by atoms with van der Waals surface area (Å²) in [6, 6.07) is 0. The molecule has 11 heteroatoms. The Morgan fingerprint density at radius 3 is 1.76 bits per heavy atom. The fraction of sp³-hybridized carbons (Fsp3) is 0.500. The minimum absolute atomic E-state index is 1.15. The fourth-order valence-corrected chi connectivity index (χ4v) is 1.48. The van der Waals surface area contributed by atoms with Gasteiger partial charge in [-0.25, -0.2) is 9.36 Å². The van der Waals surface area contributed by atoms with Crippen molar-refractivity contribution in [3.05, 3.63) is 0 Å². The number of carboxylic acid groups (broad SMARTS) is 3. The van der Waals surface area contributed by atoms with Gasteiger partial charge in [0, 0.05) is 0 Å². The van der Waals surface area contributed by atoms with Gasteiger partial charge in [-0.15, -0.1) is 0 Å². The van der Waals surface area contributed by atoms with Crippen LogP contribution in [-0.2, 0) is 23.5 Å². The van der Waals surface area contributed by atoms with E-state index < -0.39 is 44.2 Å². The minimum Gasteiger partial charge on any atom is -0.481 e. The third-order valence-corrected chi connectivity index (χ3v) is 2.07. The van der Waals surface area contributed by atoms with Crippen LogP contribution in [0.5, 0.6) is 0 Å². The Hall–Kier alpha value is -1.48. The Morgan fingerprint density at radius 2 is 1.53 bits per heavy atom.